The molecule has 5 aliphatic rings. The van der Waals surface area contributed by atoms with Gasteiger partial charge in [-0.25, -0.2) is 0 Å². The largest absolute Gasteiger partial charge is 0.458 e. The van der Waals surface area contributed by atoms with Crippen LogP contribution < -0.4 is 0 Å². The summed E-state index contributed by atoms with van der Waals surface area (Å²) in [4.78, 5) is 12.9. The van der Waals surface area contributed by atoms with Gasteiger partial charge in [0, 0.05) is 38.5 Å². The second-order valence-electron chi connectivity index (χ2n) is 11.2. The van der Waals surface area contributed by atoms with Gasteiger partial charge in [0.2, 0.25) is 0 Å². The van der Waals surface area contributed by atoms with Crippen LogP contribution in [0.5, 0.6) is 0 Å². The van der Waals surface area contributed by atoms with Crippen LogP contribution in [-0.2, 0) is 19.0 Å². The third kappa shape index (κ3) is 4.23. The molecule has 4 bridgehead atoms. The monoisotopic (exact) mass is 410 g/mol. The summed E-state index contributed by atoms with van der Waals surface area (Å²) in [5.41, 5.74) is -4.29. The van der Waals surface area contributed by atoms with Crippen LogP contribution in [-0.4, -0.2) is 51.5 Å². The fourth-order valence-corrected chi connectivity index (χ4v) is 6.58. The SMILES string of the molecule is CCC(C)(C)C(=O)OC12CC3(O)CC(O)(CC(OCOC4CCCCC4)(C3)C1)C2. The van der Waals surface area contributed by atoms with Gasteiger partial charge in [0.05, 0.1) is 28.3 Å². The molecule has 2 atom stereocenters. The van der Waals surface area contributed by atoms with Gasteiger partial charge in [0.15, 0.2) is 0 Å². The van der Waals surface area contributed by atoms with E-state index in [1.54, 1.807) is 0 Å². The Hall–Kier alpha value is -0.690. The molecule has 0 aromatic heterocycles. The first kappa shape index (κ1) is 21.5. The number of hydrogen-bond acceptors (Lipinski definition) is 6. The maximum atomic E-state index is 12.9. The van der Waals surface area contributed by atoms with Gasteiger partial charge in [0.25, 0.3) is 0 Å². The van der Waals surface area contributed by atoms with Crippen molar-refractivity contribution in [2.75, 3.05) is 6.79 Å². The fraction of sp³-hybridized carbons (Fsp3) is 0.957. The average Bonchev–Trinajstić information content (AvgIpc) is 2.59. The van der Waals surface area contributed by atoms with Crippen LogP contribution in [0.1, 0.15) is 97.8 Å². The molecule has 0 aliphatic heterocycles. The molecule has 2 N–H and O–H groups in total. The lowest BCUT2D eigenvalue weighted by Gasteiger charge is -2.66. The van der Waals surface area contributed by atoms with Gasteiger partial charge in [-0.15, -0.1) is 0 Å². The van der Waals surface area contributed by atoms with Crippen molar-refractivity contribution in [1.82, 2.24) is 0 Å². The summed E-state index contributed by atoms with van der Waals surface area (Å²) in [6, 6.07) is 0. The highest BCUT2D eigenvalue weighted by atomic mass is 16.7. The number of carbonyl (C=O) groups is 1. The number of aliphatic hydroxyl groups is 2. The van der Waals surface area contributed by atoms with Crippen molar-refractivity contribution in [1.29, 1.82) is 0 Å². The third-order valence-electron chi connectivity index (χ3n) is 7.87. The topological polar surface area (TPSA) is 85.2 Å². The van der Waals surface area contributed by atoms with Gasteiger partial charge in [-0.2, -0.15) is 0 Å². The Kier molecular flexibility index (Phi) is 5.33. The highest BCUT2D eigenvalue weighted by Gasteiger charge is 2.70. The van der Waals surface area contributed by atoms with Crippen LogP contribution in [0.2, 0.25) is 0 Å². The van der Waals surface area contributed by atoms with E-state index in [1.807, 2.05) is 20.8 Å². The first-order valence-corrected chi connectivity index (χ1v) is 11.4. The lowest BCUT2D eigenvalue weighted by atomic mass is 9.48. The van der Waals surface area contributed by atoms with Crippen molar-refractivity contribution < 1.29 is 29.2 Å². The summed E-state index contributed by atoms with van der Waals surface area (Å²) in [5, 5.41) is 22.5. The first-order valence-electron chi connectivity index (χ1n) is 11.4. The van der Waals surface area contributed by atoms with Crippen molar-refractivity contribution >= 4 is 5.97 Å². The van der Waals surface area contributed by atoms with Crippen molar-refractivity contribution in [3.63, 3.8) is 0 Å². The molecule has 0 radical (unpaired) electrons. The molecule has 2 unspecified atom stereocenters. The molecule has 6 nitrogen and oxygen atoms in total. The molecule has 5 fully saturated rings. The minimum Gasteiger partial charge on any atom is -0.458 e. The Bertz CT molecular complexity index is 619. The molecule has 0 spiro atoms. The smallest absolute Gasteiger partial charge is 0.312 e. The third-order valence-corrected chi connectivity index (χ3v) is 7.87. The van der Waals surface area contributed by atoms with E-state index in [9.17, 15) is 15.0 Å². The summed E-state index contributed by atoms with van der Waals surface area (Å²) in [6.07, 6.45) is 9.24. The van der Waals surface area contributed by atoms with E-state index in [0.29, 0.717) is 44.9 Å². The molecule has 166 valence electrons. The van der Waals surface area contributed by atoms with Crippen LogP contribution in [0.15, 0.2) is 0 Å². The number of ether oxygens (including phenoxy) is 3. The van der Waals surface area contributed by atoms with Crippen LogP contribution in [0.25, 0.3) is 0 Å². The Labute approximate surface area is 174 Å². The van der Waals surface area contributed by atoms with Crippen molar-refractivity contribution in [2.45, 2.75) is 126 Å². The quantitative estimate of drug-likeness (QED) is 0.493. The highest BCUT2D eigenvalue weighted by Crippen LogP contribution is 2.63. The summed E-state index contributed by atoms with van der Waals surface area (Å²) in [7, 11) is 0. The van der Waals surface area contributed by atoms with E-state index < -0.39 is 27.8 Å². The van der Waals surface area contributed by atoms with E-state index in [1.165, 1.54) is 19.3 Å². The zero-order valence-corrected chi connectivity index (χ0v) is 18.3. The van der Waals surface area contributed by atoms with E-state index in [-0.39, 0.29) is 18.9 Å². The summed E-state index contributed by atoms with van der Waals surface area (Å²) in [6.45, 7) is 5.89. The average molecular weight is 411 g/mol. The fourth-order valence-electron chi connectivity index (χ4n) is 6.58. The molecule has 0 heterocycles. The lowest BCUT2D eigenvalue weighted by Crippen LogP contribution is -2.73. The minimum absolute atomic E-state index is 0.168. The zero-order chi connectivity index (χ0) is 21.0. The van der Waals surface area contributed by atoms with Crippen LogP contribution in [0.3, 0.4) is 0 Å². The zero-order valence-electron chi connectivity index (χ0n) is 18.3. The van der Waals surface area contributed by atoms with Crippen LogP contribution >= 0.6 is 0 Å². The summed E-state index contributed by atoms with van der Waals surface area (Å²) < 4.78 is 18.3. The molecular formula is C23H38O6. The standard InChI is InChI=1S/C23H38O6/c1-4-19(2,3)18(24)29-23-13-20(25)10-21(26,14-23)12-22(11-20,15-23)28-16-27-17-8-6-5-7-9-17/h17,25-26H,4-16H2,1-3H3. The lowest BCUT2D eigenvalue weighted by molar-refractivity contribution is -0.325. The van der Waals surface area contributed by atoms with Crippen molar-refractivity contribution in [3.05, 3.63) is 0 Å². The Morgan fingerprint density at radius 1 is 0.931 bits per heavy atom. The van der Waals surface area contributed by atoms with Gasteiger partial charge < -0.3 is 24.4 Å². The molecule has 5 rings (SSSR count). The molecule has 0 aromatic carbocycles. The normalized spacial score (nSPS) is 42.2. The molecule has 0 amide bonds. The van der Waals surface area contributed by atoms with Gasteiger partial charge in [0.1, 0.15) is 12.4 Å². The van der Waals surface area contributed by atoms with E-state index in [2.05, 4.69) is 0 Å². The van der Waals surface area contributed by atoms with Gasteiger partial charge in [-0.3, -0.25) is 4.79 Å². The summed E-state index contributed by atoms with van der Waals surface area (Å²) >= 11 is 0. The molecule has 5 saturated carbocycles. The second kappa shape index (κ2) is 7.18. The van der Waals surface area contributed by atoms with E-state index >= 15 is 0 Å². The van der Waals surface area contributed by atoms with Crippen LogP contribution in [0.4, 0.5) is 0 Å². The van der Waals surface area contributed by atoms with Gasteiger partial charge >= 0.3 is 5.97 Å². The van der Waals surface area contributed by atoms with Crippen molar-refractivity contribution in [2.24, 2.45) is 5.41 Å². The number of hydrogen-bond donors (Lipinski definition) is 2. The van der Waals surface area contributed by atoms with E-state index in [4.69, 9.17) is 14.2 Å². The number of esters is 1. The second-order valence-corrected chi connectivity index (χ2v) is 11.2. The predicted octanol–water partition coefficient (Wildman–Crippen LogP) is 3.61. The van der Waals surface area contributed by atoms with Gasteiger partial charge in [-0.05, 0) is 33.1 Å². The maximum Gasteiger partial charge on any atom is 0.312 e. The Morgan fingerprint density at radius 3 is 2.10 bits per heavy atom. The Morgan fingerprint density at radius 2 is 1.52 bits per heavy atom. The number of carbonyl (C=O) groups excluding carboxylic acids is 1. The maximum absolute atomic E-state index is 12.9. The molecule has 29 heavy (non-hydrogen) atoms. The molecule has 0 saturated heterocycles. The van der Waals surface area contributed by atoms with Crippen LogP contribution in [0, 0.1) is 5.41 Å². The van der Waals surface area contributed by atoms with Crippen molar-refractivity contribution in [3.8, 4) is 0 Å². The molecule has 0 aromatic rings. The Balaban J connectivity index is 1.49. The number of rotatable bonds is 7. The first-order chi connectivity index (χ1) is 13.5. The minimum atomic E-state index is -1.06. The van der Waals surface area contributed by atoms with Gasteiger partial charge in [-0.1, -0.05) is 26.2 Å². The molecular weight excluding hydrogens is 372 g/mol. The summed E-state index contributed by atoms with van der Waals surface area (Å²) in [5.74, 6) is -0.261. The predicted molar refractivity (Wildman–Crippen MR) is 107 cm³/mol. The molecule has 6 heteroatoms. The molecule has 5 aliphatic carbocycles. The van der Waals surface area contributed by atoms with E-state index in [0.717, 1.165) is 12.8 Å². The highest BCUT2D eigenvalue weighted by molar-refractivity contribution is 5.76.